The number of anilines is 1. The first-order chi connectivity index (χ1) is 13.6. The number of methoxy groups -OCH3 is 1. The maximum Gasteiger partial charge on any atom is 0.266 e. The van der Waals surface area contributed by atoms with Gasteiger partial charge in [-0.2, -0.15) is 5.10 Å². The Morgan fingerprint density at radius 3 is 2.24 bits per heavy atom. The molecule has 0 aliphatic carbocycles. The summed E-state index contributed by atoms with van der Waals surface area (Å²) < 4.78 is 35.2. The van der Waals surface area contributed by atoms with Crippen LogP contribution in [0.2, 0.25) is 0 Å². The zero-order valence-electron chi connectivity index (χ0n) is 17.0. The molecule has 0 saturated heterocycles. The van der Waals surface area contributed by atoms with E-state index in [-0.39, 0.29) is 10.5 Å². The van der Waals surface area contributed by atoms with E-state index in [1.807, 2.05) is 13.8 Å². The molecule has 0 atom stereocenters. The molecule has 0 aliphatic heterocycles. The third-order valence-corrected chi connectivity index (χ3v) is 6.37. The van der Waals surface area contributed by atoms with Crippen LogP contribution in [0.1, 0.15) is 16.7 Å². The molecule has 0 radical (unpaired) electrons. The van der Waals surface area contributed by atoms with E-state index in [2.05, 4.69) is 9.82 Å². The molecule has 0 fully saturated rings. The van der Waals surface area contributed by atoms with E-state index >= 15 is 0 Å². The smallest absolute Gasteiger partial charge is 0.266 e. The highest BCUT2D eigenvalue weighted by Gasteiger charge is 2.21. The lowest BCUT2D eigenvalue weighted by Crippen LogP contribution is -2.18. The quantitative estimate of drug-likeness (QED) is 0.694. The molecule has 0 aliphatic rings. The molecule has 1 aromatic heterocycles. The molecule has 0 saturated carbocycles. The molecule has 0 spiro atoms. The first-order valence-electron chi connectivity index (χ1n) is 8.96. The number of rotatable bonds is 5. The van der Waals surface area contributed by atoms with Crippen LogP contribution in [0.25, 0.3) is 11.3 Å². The van der Waals surface area contributed by atoms with Gasteiger partial charge in [-0.1, -0.05) is 12.1 Å². The molecule has 2 aromatic carbocycles. The Labute approximate surface area is 170 Å². The summed E-state index contributed by atoms with van der Waals surface area (Å²) in [4.78, 5) is 11.7. The Morgan fingerprint density at radius 2 is 1.66 bits per heavy atom. The Bertz CT molecular complexity index is 1230. The van der Waals surface area contributed by atoms with Crippen molar-refractivity contribution in [3.05, 3.63) is 69.5 Å². The summed E-state index contributed by atoms with van der Waals surface area (Å²) in [5, 5.41) is 4.20. The Kier molecular flexibility index (Phi) is 5.48. The second kappa shape index (κ2) is 7.71. The minimum Gasteiger partial charge on any atom is -0.496 e. The summed E-state index contributed by atoms with van der Waals surface area (Å²) in [6.07, 6.45) is 0. The van der Waals surface area contributed by atoms with Gasteiger partial charge in [0.2, 0.25) is 0 Å². The van der Waals surface area contributed by atoms with E-state index in [4.69, 9.17) is 4.74 Å². The second-order valence-electron chi connectivity index (χ2n) is 6.84. The van der Waals surface area contributed by atoms with E-state index in [0.717, 1.165) is 16.7 Å². The van der Waals surface area contributed by atoms with Crippen molar-refractivity contribution in [1.82, 2.24) is 9.78 Å². The molecule has 3 aromatic rings. The van der Waals surface area contributed by atoms with Gasteiger partial charge in [0.05, 0.1) is 17.7 Å². The lowest BCUT2D eigenvalue weighted by Gasteiger charge is -2.16. The minimum absolute atomic E-state index is 0.196. The average molecular weight is 413 g/mol. The number of nitrogens with one attached hydrogen (secondary N) is 1. The number of hydrogen-bond donors (Lipinski definition) is 1. The highest BCUT2D eigenvalue weighted by atomic mass is 32.2. The van der Waals surface area contributed by atoms with Crippen molar-refractivity contribution in [3.63, 3.8) is 0 Å². The van der Waals surface area contributed by atoms with E-state index < -0.39 is 10.0 Å². The summed E-state index contributed by atoms with van der Waals surface area (Å²) >= 11 is 0. The molecular formula is C21H23N3O4S. The van der Waals surface area contributed by atoms with Crippen LogP contribution in [0.4, 0.5) is 5.69 Å². The van der Waals surface area contributed by atoms with Crippen LogP contribution >= 0.6 is 0 Å². The first-order valence-corrected chi connectivity index (χ1v) is 10.4. The summed E-state index contributed by atoms with van der Waals surface area (Å²) in [7, 11) is -0.620. The van der Waals surface area contributed by atoms with E-state index in [1.165, 1.54) is 10.7 Å². The summed E-state index contributed by atoms with van der Waals surface area (Å²) in [6, 6.07) is 11.5. The van der Waals surface area contributed by atoms with Crippen LogP contribution in [0.3, 0.4) is 0 Å². The van der Waals surface area contributed by atoms with Gasteiger partial charge in [-0.3, -0.25) is 9.52 Å². The van der Waals surface area contributed by atoms with Crippen molar-refractivity contribution >= 4 is 15.7 Å². The molecule has 3 rings (SSSR count). The van der Waals surface area contributed by atoms with Gasteiger partial charge in [-0.25, -0.2) is 13.1 Å². The van der Waals surface area contributed by atoms with Gasteiger partial charge in [0.1, 0.15) is 5.75 Å². The van der Waals surface area contributed by atoms with Gasteiger partial charge in [-0.05, 0) is 61.7 Å². The average Bonchev–Trinajstić information content (AvgIpc) is 2.67. The molecule has 0 bridgehead atoms. The summed E-state index contributed by atoms with van der Waals surface area (Å²) in [5.41, 5.74) is 3.83. The van der Waals surface area contributed by atoms with Crippen LogP contribution in [0.5, 0.6) is 5.75 Å². The zero-order valence-corrected chi connectivity index (χ0v) is 17.8. The third-order valence-electron chi connectivity index (χ3n) is 4.87. The topological polar surface area (TPSA) is 90.3 Å². The van der Waals surface area contributed by atoms with Crippen LogP contribution in [0, 0.1) is 20.8 Å². The molecule has 0 amide bonds. The Hall–Kier alpha value is -3.13. The van der Waals surface area contributed by atoms with E-state index in [0.29, 0.717) is 22.7 Å². The van der Waals surface area contributed by atoms with Crippen molar-refractivity contribution in [3.8, 4) is 17.0 Å². The fraction of sp³-hybridized carbons (Fsp3) is 0.238. The van der Waals surface area contributed by atoms with E-state index in [1.54, 1.807) is 57.5 Å². The molecule has 29 heavy (non-hydrogen) atoms. The highest BCUT2D eigenvalue weighted by molar-refractivity contribution is 7.92. The molecule has 8 heteroatoms. The molecule has 1 heterocycles. The van der Waals surface area contributed by atoms with Crippen LogP contribution in [-0.2, 0) is 17.1 Å². The number of benzene rings is 2. The van der Waals surface area contributed by atoms with Gasteiger partial charge in [0.25, 0.3) is 15.6 Å². The number of nitrogens with zero attached hydrogens (tertiary/aromatic N) is 2. The zero-order chi connectivity index (χ0) is 21.3. The van der Waals surface area contributed by atoms with Crippen molar-refractivity contribution in [2.45, 2.75) is 25.7 Å². The van der Waals surface area contributed by atoms with E-state index in [9.17, 15) is 13.2 Å². The molecular weight excluding hydrogens is 390 g/mol. The predicted molar refractivity (Wildman–Crippen MR) is 113 cm³/mol. The van der Waals surface area contributed by atoms with Crippen molar-refractivity contribution in [2.24, 2.45) is 7.05 Å². The van der Waals surface area contributed by atoms with Gasteiger partial charge in [0, 0.05) is 24.4 Å². The predicted octanol–water partition coefficient (Wildman–Crippen LogP) is 3.18. The van der Waals surface area contributed by atoms with Crippen LogP contribution in [0.15, 0.2) is 52.2 Å². The Morgan fingerprint density at radius 1 is 1.00 bits per heavy atom. The van der Waals surface area contributed by atoms with Crippen molar-refractivity contribution < 1.29 is 13.2 Å². The second-order valence-corrected chi connectivity index (χ2v) is 8.49. The Balaban J connectivity index is 1.91. The first kappa shape index (κ1) is 20.6. The molecule has 1 N–H and O–H groups in total. The number of ether oxygens (including phenoxy) is 1. The maximum atomic E-state index is 13.0. The summed E-state index contributed by atoms with van der Waals surface area (Å²) in [6.45, 7) is 5.43. The molecule has 0 unspecified atom stereocenters. The molecule has 7 nitrogen and oxygen atoms in total. The van der Waals surface area contributed by atoms with Gasteiger partial charge >= 0.3 is 0 Å². The van der Waals surface area contributed by atoms with Gasteiger partial charge in [-0.15, -0.1) is 0 Å². The third kappa shape index (κ3) is 4.02. The standard InChI is InChI=1S/C21H23N3O4S/c1-13-12-19(14(2)15(3)21(13)28-5)29(26,27)23-17-8-6-16(7-9-17)18-10-11-20(25)24(4)22-18/h6-12,23H,1-5H3. The number of aryl methyl sites for hydroxylation is 2. The SMILES string of the molecule is COc1c(C)cc(S(=O)(=O)Nc2ccc(-c3ccc(=O)n(C)n3)cc2)c(C)c1C. The summed E-state index contributed by atoms with van der Waals surface area (Å²) in [5.74, 6) is 0.690. The van der Waals surface area contributed by atoms with Crippen LogP contribution in [-0.4, -0.2) is 25.3 Å². The fourth-order valence-corrected chi connectivity index (χ4v) is 4.63. The largest absolute Gasteiger partial charge is 0.496 e. The van der Waals surface area contributed by atoms with Gasteiger partial charge in [0.15, 0.2) is 0 Å². The lowest BCUT2D eigenvalue weighted by atomic mass is 10.1. The van der Waals surface area contributed by atoms with Crippen molar-refractivity contribution in [1.29, 1.82) is 0 Å². The molecule has 152 valence electrons. The number of aromatic nitrogens is 2. The maximum absolute atomic E-state index is 13.0. The highest BCUT2D eigenvalue weighted by Crippen LogP contribution is 2.32. The lowest BCUT2D eigenvalue weighted by molar-refractivity contribution is 0.407. The fourth-order valence-electron chi connectivity index (χ4n) is 3.19. The minimum atomic E-state index is -3.77. The van der Waals surface area contributed by atoms with Crippen LogP contribution < -0.4 is 15.0 Å². The number of sulfonamides is 1. The van der Waals surface area contributed by atoms with Crippen molar-refractivity contribution in [2.75, 3.05) is 11.8 Å². The normalized spacial score (nSPS) is 11.3. The number of hydrogen-bond acceptors (Lipinski definition) is 5. The van der Waals surface area contributed by atoms with Gasteiger partial charge < -0.3 is 4.74 Å². The monoisotopic (exact) mass is 413 g/mol.